The van der Waals surface area contributed by atoms with E-state index in [2.05, 4.69) is 21.2 Å². The van der Waals surface area contributed by atoms with E-state index in [0.29, 0.717) is 46.8 Å². The van der Waals surface area contributed by atoms with Crippen LogP contribution in [0.15, 0.2) is 28.7 Å². The van der Waals surface area contributed by atoms with Gasteiger partial charge in [0.15, 0.2) is 17.2 Å². The fourth-order valence-corrected chi connectivity index (χ4v) is 6.63. The highest BCUT2D eigenvalue weighted by Gasteiger charge is 2.26. The summed E-state index contributed by atoms with van der Waals surface area (Å²) in [6.07, 6.45) is 7.54. The van der Waals surface area contributed by atoms with Crippen molar-refractivity contribution in [2.24, 2.45) is 5.92 Å². The second-order valence-electron chi connectivity index (χ2n) is 9.44. The van der Waals surface area contributed by atoms with Crippen LogP contribution in [0, 0.1) is 5.92 Å². The van der Waals surface area contributed by atoms with Gasteiger partial charge in [0, 0.05) is 19.1 Å². The predicted octanol–water partition coefficient (Wildman–Crippen LogP) is 5.47. The number of amides is 2. The molecule has 2 aliphatic rings. The van der Waals surface area contributed by atoms with Gasteiger partial charge in [-0.05, 0) is 65.2 Å². The average Bonchev–Trinajstić information content (AvgIpc) is 3.23. The average molecular weight is 596 g/mol. The molecule has 200 valence electrons. The number of nitrogens with one attached hydrogen (secondary N) is 1. The van der Waals surface area contributed by atoms with Gasteiger partial charge >= 0.3 is 18.0 Å². The van der Waals surface area contributed by atoms with Crippen LogP contribution in [0.3, 0.4) is 0 Å². The molecular formula is C26H31BrN2O7S. The minimum Gasteiger partial charge on any atom is -0.493 e. The molecule has 0 radical (unpaired) electrons. The highest BCUT2D eigenvalue weighted by Crippen LogP contribution is 2.46. The summed E-state index contributed by atoms with van der Waals surface area (Å²) < 4.78 is 11.7. The molecule has 9 nitrogen and oxygen atoms in total. The number of halogens is 1. The van der Waals surface area contributed by atoms with Gasteiger partial charge in [0.1, 0.15) is 5.75 Å². The first-order chi connectivity index (χ1) is 17.8. The van der Waals surface area contributed by atoms with E-state index in [4.69, 9.17) is 14.6 Å². The van der Waals surface area contributed by atoms with Crippen molar-refractivity contribution in [3.8, 4) is 21.9 Å². The van der Waals surface area contributed by atoms with Crippen LogP contribution in [0.25, 0.3) is 10.4 Å². The monoisotopic (exact) mass is 594 g/mol. The maximum atomic E-state index is 12.6. The van der Waals surface area contributed by atoms with Gasteiger partial charge in [-0.25, -0.2) is 14.4 Å². The quantitative estimate of drug-likeness (QED) is 0.351. The van der Waals surface area contributed by atoms with Gasteiger partial charge in [-0.15, -0.1) is 11.3 Å². The summed E-state index contributed by atoms with van der Waals surface area (Å²) in [5.41, 5.74) is 0.733. The summed E-state index contributed by atoms with van der Waals surface area (Å²) in [5.74, 6) is -1.39. The van der Waals surface area contributed by atoms with E-state index in [9.17, 15) is 19.5 Å². The van der Waals surface area contributed by atoms with Crippen LogP contribution in [-0.2, 0) is 4.79 Å². The highest BCUT2D eigenvalue weighted by molar-refractivity contribution is 9.10. The lowest BCUT2D eigenvalue weighted by molar-refractivity contribution is -0.139. The number of aromatic carboxylic acids is 1. The first-order valence-corrected chi connectivity index (χ1v) is 14.1. The number of hydrogen-bond donors (Lipinski definition) is 3. The summed E-state index contributed by atoms with van der Waals surface area (Å²) in [7, 11) is 0. The molecule has 1 aliphatic carbocycles. The Balaban J connectivity index is 1.33. The zero-order valence-electron chi connectivity index (χ0n) is 20.4. The van der Waals surface area contributed by atoms with Crippen LogP contribution in [0.5, 0.6) is 11.5 Å². The Morgan fingerprint density at radius 1 is 1.05 bits per heavy atom. The van der Waals surface area contributed by atoms with Crippen molar-refractivity contribution in [1.82, 2.24) is 10.2 Å². The molecule has 0 bridgehead atoms. The Morgan fingerprint density at radius 2 is 1.78 bits per heavy atom. The van der Waals surface area contributed by atoms with E-state index in [0.717, 1.165) is 42.6 Å². The third-order valence-electron chi connectivity index (χ3n) is 6.76. The maximum absolute atomic E-state index is 12.6. The summed E-state index contributed by atoms with van der Waals surface area (Å²) >= 11 is 4.39. The van der Waals surface area contributed by atoms with E-state index in [1.54, 1.807) is 0 Å². The number of piperidine rings is 1. The van der Waals surface area contributed by atoms with Gasteiger partial charge in [-0.3, -0.25) is 0 Å². The lowest BCUT2D eigenvalue weighted by atomic mass is 9.95. The first kappa shape index (κ1) is 27.3. The Hall–Kier alpha value is -2.79. The van der Waals surface area contributed by atoms with Crippen molar-refractivity contribution < 1.29 is 34.1 Å². The van der Waals surface area contributed by atoms with E-state index in [1.165, 1.54) is 19.3 Å². The van der Waals surface area contributed by atoms with Crippen LogP contribution in [0.1, 0.15) is 54.6 Å². The normalized spacial score (nSPS) is 16.8. The fraction of sp³-hybridized carbons (Fsp3) is 0.500. The number of thiophene rings is 1. The van der Waals surface area contributed by atoms with Crippen molar-refractivity contribution in [2.45, 2.75) is 51.0 Å². The first-order valence-electron chi connectivity index (χ1n) is 12.5. The number of carbonyl (C=O) groups excluding carboxylic acids is 1. The summed E-state index contributed by atoms with van der Waals surface area (Å²) in [6.45, 7) is 1.32. The van der Waals surface area contributed by atoms with Crippen LogP contribution in [0.2, 0.25) is 0 Å². The molecule has 37 heavy (non-hydrogen) atoms. The van der Waals surface area contributed by atoms with Crippen LogP contribution in [0.4, 0.5) is 4.79 Å². The Kier molecular flexibility index (Phi) is 9.31. The number of carbonyl (C=O) groups is 3. The maximum Gasteiger partial charge on any atom is 0.349 e. The summed E-state index contributed by atoms with van der Waals surface area (Å²) in [5, 5.41) is 21.6. The molecule has 2 aromatic rings. The molecule has 2 fully saturated rings. The van der Waals surface area contributed by atoms with Crippen LogP contribution >= 0.6 is 27.3 Å². The number of carboxylic acid groups (broad SMARTS) is 2. The fourth-order valence-electron chi connectivity index (χ4n) is 4.74. The largest absolute Gasteiger partial charge is 0.493 e. The predicted molar refractivity (Wildman–Crippen MR) is 143 cm³/mol. The smallest absolute Gasteiger partial charge is 0.349 e. The number of carboxylic acids is 2. The lowest BCUT2D eigenvalue weighted by Crippen LogP contribution is -2.48. The third kappa shape index (κ3) is 7.16. The zero-order chi connectivity index (χ0) is 26.4. The van der Waals surface area contributed by atoms with Crippen molar-refractivity contribution in [3.05, 3.63) is 33.6 Å². The van der Waals surface area contributed by atoms with Crippen LogP contribution < -0.4 is 14.8 Å². The van der Waals surface area contributed by atoms with Gasteiger partial charge in [0.05, 0.1) is 16.0 Å². The molecule has 2 heterocycles. The minimum atomic E-state index is -1.19. The number of aliphatic carboxylic acids is 1. The molecule has 1 saturated carbocycles. The van der Waals surface area contributed by atoms with E-state index in [-0.39, 0.29) is 16.7 Å². The van der Waals surface area contributed by atoms with Gasteiger partial charge in [-0.1, -0.05) is 31.4 Å². The van der Waals surface area contributed by atoms with Gasteiger partial charge in [0.2, 0.25) is 0 Å². The number of urea groups is 1. The number of rotatable bonds is 9. The van der Waals surface area contributed by atoms with E-state index in [1.807, 2.05) is 29.2 Å². The molecule has 1 saturated heterocycles. The number of benzene rings is 1. The highest BCUT2D eigenvalue weighted by atomic mass is 79.9. The molecule has 2 amide bonds. The Bertz CT molecular complexity index is 1120. The third-order valence-corrected chi connectivity index (χ3v) is 8.99. The van der Waals surface area contributed by atoms with Crippen molar-refractivity contribution in [3.63, 3.8) is 0 Å². The molecule has 1 aromatic heterocycles. The second-order valence-corrected chi connectivity index (χ2v) is 11.3. The van der Waals surface area contributed by atoms with Crippen molar-refractivity contribution >= 4 is 45.2 Å². The summed E-state index contributed by atoms with van der Waals surface area (Å²) in [4.78, 5) is 37.6. The number of hydrogen-bond acceptors (Lipinski definition) is 6. The Morgan fingerprint density at radius 3 is 2.46 bits per heavy atom. The zero-order valence-corrected chi connectivity index (χ0v) is 22.8. The van der Waals surface area contributed by atoms with Crippen LogP contribution in [-0.4, -0.2) is 65.4 Å². The second kappa shape index (κ2) is 12.6. The number of likely N-dealkylation sites (tertiary alicyclic amines) is 1. The molecular weight excluding hydrogens is 564 g/mol. The van der Waals surface area contributed by atoms with Crippen molar-refractivity contribution in [2.75, 3.05) is 26.3 Å². The summed E-state index contributed by atoms with van der Waals surface area (Å²) in [6, 6.07) is 7.69. The number of ether oxygens (including phenoxy) is 2. The van der Waals surface area contributed by atoms with Crippen molar-refractivity contribution in [1.29, 1.82) is 0 Å². The standard InChI is InChI=1S/C26H31BrN2O7S/c27-21-22(36-15-20(30)31)24(25(32)33)37-23(21)17-5-4-8-19(13-17)35-14-16-9-11-29(12-10-16)26(34)28-18-6-2-1-3-7-18/h4-5,8,13,16,18H,1-3,6-7,9-12,14-15H2,(H,28,34)(H,30,31)(H,32,33). The molecule has 4 rings (SSSR count). The van der Waals surface area contributed by atoms with Gasteiger partial charge in [-0.2, -0.15) is 0 Å². The van der Waals surface area contributed by atoms with Gasteiger partial charge in [0.25, 0.3) is 0 Å². The Labute approximate surface area is 227 Å². The molecule has 1 aromatic carbocycles. The molecule has 0 spiro atoms. The minimum absolute atomic E-state index is 0.000468. The van der Waals surface area contributed by atoms with E-state index >= 15 is 0 Å². The van der Waals surface area contributed by atoms with Gasteiger partial charge < -0.3 is 29.9 Å². The number of nitrogens with zero attached hydrogens (tertiary/aromatic N) is 1. The topological polar surface area (TPSA) is 125 Å². The molecule has 11 heteroatoms. The molecule has 0 unspecified atom stereocenters. The molecule has 1 aliphatic heterocycles. The lowest BCUT2D eigenvalue weighted by Gasteiger charge is -2.33. The molecule has 0 atom stereocenters. The molecule has 3 N–H and O–H groups in total. The SMILES string of the molecule is O=C(O)COc1c(C(=O)O)sc(-c2cccc(OCC3CCN(C(=O)NC4CCCCC4)CC3)c2)c1Br. The van der Waals surface area contributed by atoms with E-state index < -0.39 is 18.5 Å².